The van der Waals surface area contributed by atoms with Crippen LogP contribution in [0.25, 0.3) is 0 Å². The van der Waals surface area contributed by atoms with Crippen molar-refractivity contribution < 1.29 is 18.3 Å². The summed E-state index contributed by atoms with van der Waals surface area (Å²) in [6, 6.07) is 10.7. The van der Waals surface area contributed by atoms with E-state index in [2.05, 4.69) is 5.32 Å². The Hall–Kier alpha value is -2.43. The van der Waals surface area contributed by atoms with Crippen molar-refractivity contribution in [3.63, 3.8) is 0 Å². The molecule has 5 heteroatoms. The Labute approximate surface area is 115 Å². The number of carbonyl (C=O) groups is 1. The van der Waals surface area contributed by atoms with Gasteiger partial charge in [0.05, 0.1) is 5.69 Å². The van der Waals surface area contributed by atoms with Crippen molar-refractivity contribution >= 4 is 11.6 Å². The van der Waals surface area contributed by atoms with Gasteiger partial charge < -0.3 is 10.1 Å². The summed E-state index contributed by atoms with van der Waals surface area (Å²) in [5.41, 5.74) is 0.597. The second-order valence-corrected chi connectivity index (χ2v) is 4.18. The largest absolute Gasteiger partial charge is 0.487 e. The average Bonchev–Trinajstić information content (AvgIpc) is 2.41. The first kappa shape index (κ1) is 14.0. The number of carbonyl (C=O) groups excluding carboxylic acids is 1. The van der Waals surface area contributed by atoms with Gasteiger partial charge in [0.1, 0.15) is 12.4 Å². The van der Waals surface area contributed by atoms with Crippen molar-refractivity contribution in [1.29, 1.82) is 0 Å². The third kappa shape index (κ3) is 3.32. The predicted octanol–water partition coefficient (Wildman–Crippen LogP) is 3.50. The van der Waals surface area contributed by atoms with Gasteiger partial charge in [-0.2, -0.15) is 0 Å². The highest BCUT2D eigenvalue weighted by molar-refractivity contribution is 5.90. The third-order valence-electron chi connectivity index (χ3n) is 2.61. The molecule has 0 spiro atoms. The molecule has 0 aliphatic carbocycles. The van der Waals surface area contributed by atoms with E-state index < -0.39 is 11.6 Å². The lowest BCUT2D eigenvalue weighted by Crippen LogP contribution is -2.08. The van der Waals surface area contributed by atoms with Gasteiger partial charge in [-0.25, -0.2) is 8.78 Å². The maximum Gasteiger partial charge on any atom is 0.221 e. The number of hydrogen-bond donors (Lipinski definition) is 1. The quantitative estimate of drug-likeness (QED) is 0.928. The number of halogens is 2. The molecule has 0 aromatic heterocycles. The van der Waals surface area contributed by atoms with E-state index in [1.165, 1.54) is 19.1 Å². The van der Waals surface area contributed by atoms with E-state index >= 15 is 0 Å². The van der Waals surface area contributed by atoms with Crippen LogP contribution >= 0.6 is 0 Å². The molecule has 0 aliphatic rings. The molecule has 0 bridgehead atoms. The number of amides is 1. The molecule has 20 heavy (non-hydrogen) atoms. The van der Waals surface area contributed by atoms with Crippen LogP contribution in [0.2, 0.25) is 0 Å². The van der Waals surface area contributed by atoms with Gasteiger partial charge in [-0.15, -0.1) is 0 Å². The van der Waals surface area contributed by atoms with Crippen LogP contribution in [0.4, 0.5) is 14.5 Å². The predicted molar refractivity (Wildman–Crippen MR) is 71.4 cm³/mol. The number of benzene rings is 2. The smallest absolute Gasteiger partial charge is 0.221 e. The van der Waals surface area contributed by atoms with Gasteiger partial charge in [-0.05, 0) is 18.2 Å². The fourth-order valence-corrected chi connectivity index (χ4v) is 1.70. The Morgan fingerprint density at radius 3 is 2.65 bits per heavy atom. The molecule has 2 aromatic carbocycles. The van der Waals surface area contributed by atoms with E-state index in [0.717, 1.165) is 6.07 Å². The Balaban J connectivity index is 2.15. The maximum atomic E-state index is 13.5. The summed E-state index contributed by atoms with van der Waals surface area (Å²) >= 11 is 0. The molecule has 0 aliphatic heterocycles. The molecule has 2 rings (SSSR count). The molecule has 0 heterocycles. The highest BCUT2D eigenvalue weighted by atomic mass is 19.2. The average molecular weight is 277 g/mol. The summed E-state index contributed by atoms with van der Waals surface area (Å²) < 4.78 is 32.0. The zero-order chi connectivity index (χ0) is 14.5. The van der Waals surface area contributed by atoms with Crippen LogP contribution in [0.3, 0.4) is 0 Å². The number of nitrogens with one attached hydrogen (secondary N) is 1. The highest BCUT2D eigenvalue weighted by Gasteiger charge is 2.10. The molecule has 3 nitrogen and oxygen atoms in total. The number of hydrogen-bond acceptors (Lipinski definition) is 2. The van der Waals surface area contributed by atoms with Gasteiger partial charge >= 0.3 is 0 Å². The summed E-state index contributed by atoms with van der Waals surface area (Å²) in [4.78, 5) is 11.1. The summed E-state index contributed by atoms with van der Waals surface area (Å²) in [7, 11) is 0. The topological polar surface area (TPSA) is 38.3 Å². The van der Waals surface area contributed by atoms with Crippen molar-refractivity contribution in [3.05, 3.63) is 59.7 Å². The van der Waals surface area contributed by atoms with E-state index in [9.17, 15) is 13.6 Å². The highest BCUT2D eigenvalue weighted by Crippen LogP contribution is 2.25. The summed E-state index contributed by atoms with van der Waals surface area (Å²) in [6.45, 7) is 1.25. The monoisotopic (exact) mass is 277 g/mol. The minimum Gasteiger partial charge on any atom is -0.487 e. The molecular formula is C15H13F2NO2. The van der Waals surface area contributed by atoms with Gasteiger partial charge in [0.15, 0.2) is 11.6 Å². The Bertz CT molecular complexity index is 629. The number of rotatable bonds is 4. The van der Waals surface area contributed by atoms with Gasteiger partial charge in [-0.1, -0.05) is 24.3 Å². The minimum absolute atomic E-state index is 0.114. The molecule has 0 radical (unpaired) electrons. The first-order chi connectivity index (χ1) is 9.58. The lowest BCUT2D eigenvalue weighted by Gasteiger charge is -2.12. The Morgan fingerprint density at radius 1 is 1.15 bits per heavy atom. The van der Waals surface area contributed by atoms with Gasteiger partial charge in [0.25, 0.3) is 0 Å². The van der Waals surface area contributed by atoms with Crippen molar-refractivity contribution in [2.45, 2.75) is 13.5 Å². The van der Waals surface area contributed by atoms with Crippen LogP contribution in [0.1, 0.15) is 12.5 Å². The molecular weight excluding hydrogens is 264 g/mol. The molecule has 2 aromatic rings. The van der Waals surface area contributed by atoms with Crippen LogP contribution in [0.15, 0.2) is 42.5 Å². The zero-order valence-corrected chi connectivity index (χ0v) is 10.8. The molecule has 0 atom stereocenters. The van der Waals surface area contributed by atoms with Crippen LogP contribution in [0.5, 0.6) is 5.75 Å². The third-order valence-corrected chi connectivity index (χ3v) is 2.61. The number of ether oxygens (including phenoxy) is 1. The maximum absolute atomic E-state index is 13.5. The Morgan fingerprint density at radius 2 is 1.90 bits per heavy atom. The second-order valence-electron chi connectivity index (χ2n) is 4.18. The number of anilines is 1. The van der Waals surface area contributed by atoms with Crippen molar-refractivity contribution in [2.24, 2.45) is 0 Å². The van der Waals surface area contributed by atoms with E-state index in [4.69, 9.17) is 4.74 Å². The van der Waals surface area contributed by atoms with E-state index in [-0.39, 0.29) is 18.1 Å². The fraction of sp³-hybridized carbons (Fsp3) is 0.133. The van der Waals surface area contributed by atoms with Crippen LogP contribution < -0.4 is 10.1 Å². The fourth-order valence-electron chi connectivity index (χ4n) is 1.70. The first-order valence-corrected chi connectivity index (χ1v) is 6.00. The SMILES string of the molecule is CC(=O)Nc1ccccc1OCc1cccc(F)c1F. The van der Waals surface area contributed by atoms with Crippen LogP contribution in [0, 0.1) is 11.6 Å². The number of para-hydroxylation sites is 2. The summed E-state index contributed by atoms with van der Waals surface area (Å²) in [5.74, 6) is -1.69. The lowest BCUT2D eigenvalue weighted by molar-refractivity contribution is -0.114. The van der Waals surface area contributed by atoms with Gasteiger partial charge in [0, 0.05) is 12.5 Å². The van der Waals surface area contributed by atoms with Crippen molar-refractivity contribution in [3.8, 4) is 5.75 Å². The molecule has 0 unspecified atom stereocenters. The van der Waals surface area contributed by atoms with Crippen LogP contribution in [-0.4, -0.2) is 5.91 Å². The Kier molecular flexibility index (Phi) is 4.30. The molecule has 0 saturated carbocycles. The summed E-state index contributed by atoms with van der Waals surface area (Å²) in [6.07, 6.45) is 0. The van der Waals surface area contributed by atoms with Crippen LogP contribution in [-0.2, 0) is 11.4 Å². The molecule has 0 saturated heterocycles. The van der Waals surface area contributed by atoms with Crippen molar-refractivity contribution in [1.82, 2.24) is 0 Å². The molecule has 1 N–H and O–H groups in total. The van der Waals surface area contributed by atoms with Gasteiger partial charge in [-0.3, -0.25) is 4.79 Å². The second kappa shape index (κ2) is 6.14. The van der Waals surface area contributed by atoms with Gasteiger partial charge in [0.2, 0.25) is 5.91 Å². The molecule has 1 amide bonds. The molecule has 0 fully saturated rings. The normalized spacial score (nSPS) is 10.2. The minimum atomic E-state index is -0.926. The standard InChI is InChI=1S/C15H13F2NO2/c1-10(19)18-13-7-2-3-8-14(13)20-9-11-5-4-6-12(16)15(11)17/h2-8H,9H2,1H3,(H,18,19). The lowest BCUT2D eigenvalue weighted by atomic mass is 10.2. The summed E-state index contributed by atoms with van der Waals surface area (Å²) in [5, 5.41) is 2.60. The van der Waals surface area contributed by atoms with E-state index in [1.807, 2.05) is 0 Å². The zero-order valence-electron chi connectivity index (χ0n) is 10.8. The van der Waals surface area contributed by atoms with E-state index in [1.54, 1.807) is 24.3 Å². The van der Waals surface area contributed by atoms with E-state index in [0.29, 0.717) is 11.4 Å². The van der Waals surface area contributed by atoms with Crippen molar-refractivity contribution in [2.75, 3.05) is 5.32 Å². The molecule has 104 valence electrons. The first-order valence-electron chi connectivity index (χ1n) is 6.00.